The molecular formula is C11H13IN2O2. The number of hydrogen-bond donors (Lipinski definition) is 2. The first kappa shape index (κ1) is 11.7. The maximum atomic E-state index is 11.0. The molecule has 0 unspecified atom stereocenters. The molecule has 0 aliphatic carbocycles. The second-order valence-electron chi connectivity index (χ2n) is 3.74. The Hall–Kier alpha value is -0.820. The van der Waals surface area contributed by atoms with Crippen LogP contribution >= 0.6 is 22.6 Å². The van der Waals surface area contributed by atoms with Crippen LogP contribution in [0.2, 0.25) is 0 Å². The maximum Gasteiger partial charge on any atom is 0.335 e. The monoisotopic (exact) mass is 332 g/mol. The topological polar surface area (TPSA) is 52.6 Å². The lowest BCUT2D eigenvalue weighted by atomic mass is 10.2. The molecule has 1 heterocycles. The standard InChI is InChI=1S/C11H13IN2O2/c12-9-5-8(11(15)16)6-10(7-9)14-3-1-13-2-4-14/h5-7,13H,1-4H2,(H,15,16). The van der Waals surface area contributed by atoms with Crippen LogP contribution < -0.4 is 10.2 Å². The van der Waals surface area contributed by atoms with Gasteiger partial charge < -0.3 is 15.3 Å². The third-order valence-electron chi connectivity index (χ3n) is 2.61. The van der Waals surface area contributed by atoms with Crippen molar-refractivity contribution in [1.29, 1.82) is 0 Å². The number of benzene rings is 1. The highest BCUT2D eigenvalue weighted by atomic mass is 127. The van der Waals surface area contributed by atoms with Crippen LogP contribution in [0.25, 0.3) is 0 Å². The van der Waals surface area contributed by atoms with E-state index in [1.165, 1.54) is 0 Å². The Morgan fingerprint density at radius 1 is 1.31 bits per heavy atom. The quantitative estimate of drug-likeness (QED) is 0.804. The Morgan fingerprint density at radius 3 is 2.62 bits per heavy atom. The van der Waals surface area contributed by atoms with Crippen LogP contribution in [0, 0.1) is 3.57 Å². The van der Waals surface area contributed by atoms with Crippen molar-refractivity contribution >= 4 is 34.2 Å². The maximum absolute atomic E-state index is 11.0. The van der Waals surface area contributed by atoms with E-state index in [1.807, 2.05) is 6.07 Å². The summed E-state index contributed by atoms with van der Waals surface area (Å²) in [7, 11) is 0. The van der Waals surface area contributed by atoms with Crippen LogP contribution in [-0.4, -0.2) is 37.3 Å². The lowest BCUT2D eigenvalue weighted by molar-refractivity contribution is 0.0697. The summed E-state index contributed by atoms with van der Waals surface area (Å²) in [6.45, 7) is 3.76. The van der Waals surface area contributed by atoms with E-state index in [1.54, 1.807) is 12.1 Å². The van der Waals surface area contributed by atoms with Gasteiger partial charge in [0.15, 0.2) is 0 Å². The van der Waals surface area contributed by atoms with Gasteiger partial charge in [0.1, 0.15) is 0 Å². The lowest BCUT2D eigenvalue weighted by Crippen LogP contribution is -2.43. The summed E-state index contributed by atoms with van der Waals surface area (Å²) in [5.41, 5.74) is 1.37. The fourth-order valence-electron chi connectivity index (χ4n) is 1.80. The smallest absolute Gasteiger partial charge is 0.335 e. The van der Waals surface area contributed by atoms with Gasteiger partial charge in [0, 0.05) is 35.4 Å². The molecule has 1 aliphatic rings. The number of rotatable bonds is 2. The first-order valence-corrected chi connectivity index (χ1v) is 6.24. The highest BCUT2D eigenvalue weighted by Crippen LogP contribution is 2.21. The van der Waals surface area contributed by atoms with Crippen molar-refractivity contribution in [1.82, 2.24) is 5.32 Å². The van der Waals surface area contributed by atoms with E-state index >= 15 is 0 Å². The van der Waals surface area contributed by atoms with Crippen molar-refractivity contribution in [3.63, 3.8) is 0 Å². The number of aromatic carboxylic acids is 1. The molecule has 0 bridgehead atoms. The molecule has 0 saturated carbocycles. The van der Waals surface area contributed by atoms with Gasteiger partial charge in [-0.25, -0.2) is 4.79 Å². The van der Waals surface area contributed by atoms with E-state index in [2.05, 4.69) is 32.8 Å². The molecule has 0 aromatic heterocycles. The first-order valence-electron chi connectivity index (χ1n) is 5.16. The van der Waals surface area contributed by atoms with Gasteiger partial charge in [0.2, 0.25) is 0 Å². The van der Waals surface area contributed by atoms with Crippen LogP contribution in [0.5, 0.6) is 0 Å². The number of anilines is 1. The predicted molar refractivity (Wildman–Crippen MR) is 71.2 cm³/mol. The van der Waals surface area contributed by atoms with Crippen molar-refractivity contribution in [2.75, 3.05) is 31.1 Å². The largest absolute Gasteiger partial charge is 0.478 e. The fourth-order valence-corrected chi connectivity index (χ4v) is 2.46. The van der Waals surface area contributed by atoms with Gasteiger partial charge in [0.25, 0.3) is 0 Å². The Morgan fingerprint density at radius 2 is 2.00 bits per heavy atom. The van der Waals surface area contributed by atoms with E-state index in [9.17, 15) is 4.79 Å². The molecule has 86 valence electrons. The zero-order valence-electron chi connectivity index (χ0n) is 8.74. The highest BCUT2D eigenvalue weighted by molar-refractivity contribution is 14.1. The van der Waals surface area contributed by atoms with E-state index < -0.39 is 5.97 Å². The van der Waals surface area contributed by atoms with Crippen molar-refractivity contribution in [3.05, 3.63) is 27.3 Å². The molecule has 1 aliphatic heterocycles. The minimum Gasteiger partial charge on any atom is -0.478 e. The summed E-state index contributed by atoms with van der Waals surface area (Å²) < 4.78 is 0.964. The average molecular weight is 332 g/mol. The second kappa shape index (κ2) is 5.01. The van der Waals surface area contributed by atoms with Crippen LogP contribution in [0.3, 0.4) is 0 Å². The molecule has 0 amide bonds. The fraction of sp³-hybridized carbons (Fsp3) is 0.364. The molecule has 1 fully saturated rings. The lowest BCUT2D eigenvalue weighted by Gasteiger charge is -2.29. The van der Waals surface area contributed by atoms with Gasteiger partial charge in [-0.05, 0) is 40.8 Å². The van der Waals surface area contributed by atoms with Gasteiger partial charge in [-0.15, -0.1) is 0 Å². The number of carbonyl (C=O) groups is 1. The Labute approximate surface area is 108 Å². The van der Waals surface area contributed by atoms with E-state index in [-0.39, 0.29) is 0 Å². The third kappa shape index (κ3) is 2.65. The molecule has 2 rings (SSSR count). The molecule has 5 heteroatoms. The molecule has 4 nitrogen and oxygen atoms in total. The molecule has 1 aromatic carbocycles. The molecule has 0 spiro atoms. The third-order valence-corrected chi connectivity index (χ3v) is 3.23. The zero-order chi connectivity index (χ0) is 11.5. The van der Waals surface area contributed by atoms with Crippen molar-refractivity contribution < 1.29 is 9.90 Å². The summed E-state index contributed by atoms with van der Waals surface area (Å²) in [5, 5.41) is 12.3. The van der Waals surface area contributed by atoms with Gasteiger partial charge >= 0.3 is 5.97 Å². The van der Waals surface area contributed by atoms with Crippen molar-refractivity contribution in [3.8, 4) is 0 Å². The molecule has 2 N–H and O–H groups in total. The molecule has 16 heavy (non-hydrogen) atoms. The van der Waals surface area contributed by atoms with Crippen molar-refractivity contribution in [2.45, 2.75) is 0 Å². The minimum atomic E-state index is -0.866. The van der Waals surface area contributed by atoms with E-state index in [4.69, 9.17) is 5.11 Å². The van der Waals surface area contributed by atoms with Gasteiger partial charge in [0.05, 0.1) is 5.56 Å². The second-order valence-corrected chi connectivity index (χ2v) is 4.99. The predicted octanol–water partition coefficient (Wildman–Crippen LogP) is 1.40. The normalized spacial score (nSPS) is 16.2. The number of halogens is 1. The molecule has 1 aromatic rings. The number of hydrogen-bond acceptors (Lipinski definition) is 3. The number of carboxylic acid groups (broad SMARTS) is 1. The van der Waals surface area contributed by atoms with Crippen LogP contribution in [0.1, 0.15) is 10.4 Å². The van der Waals surface area contributed by atoms with Crippen LogP contribution in [0.15, 0.2) is 18.2 Å². The zero-order valence-corrected chi connectivity index (χ0v) is 10.9. The average Bonchev–Trinajstić information content (AvgIpc) is 2.29. The summed E-state index contributed by atoms with van der Waals surface area (Å²) in [5.74, 6) is -0.866. The van der Waals surface area contributed by atoms with E-state index in [0.717, 1.165) is 35.4 Å². The molecular weight excluding hydrogens is 319 g/mol. The number of piperazine rings is 1. The number of nitrogens with zero attached hydrogens (tertiary/aromatic N) is 1. The molecule has 0 radical (unpaired) electrons. The van der Waals surface area contributed by atoms with Gasteiger partial charge in [-0.3, -0.25) is 0 Å². The van der Waals surface area contributed by atoms with Crippen molar-refractivity contribution in [2.24, 2.45) is 0 Å². The SMILES string of the molecule is O=C(O)c1cc(I)cc(N2CCNCC2)c1. The van der Waals surface area contributed by atoms with Gasteiger partial charge in [-0.2, -0.15) is 0 Å². The summed E-state index contributed by atoms with van der Waals surface area (Å²) in [6.07, 6.45) is 0. The molecule has 1 saturated heterocycles. The minimum absolute atomic E-state index is 0.362. The Balaban J connectivity index is 2.28. The summed E-state index contributed by atoms with van der Waals surface area (Å²) >= 11 is 2.15. The first-order chi connectivity index (χ1) is 7.66. The summed E-state index contributed by atoms with van der Waals surface area (Å²) in [6, 6.07) is 5.46. The summed E-state index contributed by atoms with van der Waals surface area (Å²) in [4.78, 5) is 13.2. The number of carboxylic acids is 1. The van der Waals surface area contributed by atoms with Gasteiger partial charge in [-0.1, -0.05) is 0 Å². The Bertz CT molecular complexity index is 403. The molecule has 0 atom stereocenters. The number of nitrogens with one attached hydrogen (secondary N) is 1. The van der Waals surface area contributed by atoms with Crippen LogP contribution in [-0.2, 0) is 0 Å². The Kier molecular flexibility index (Phi) is 3.65. The highest BCUT2D eigenvalue weighted by Gasteiger charge is 2.13. The van der Waals surface area contributed by atoms with E-state index in [0.29, 0.717) is 5.56 Å². The van der Waals surface area contributed by atoms with Crippen LogP contribution in [0.4, 0.5) is 5.69 Å².